The zero-order valence-corrected chi connectivity index (χ0v) is 15.2. The van der Waals surface area contributed by atoms with Crippen LogP contribution in [0.4, 0.5) is 10.5 Å². The van der Waals surface area contributed by atoms with Gasteiger partial charge in [-0.2, -0.15) is 0 Å². The van der Waals surface area contributed by atoms with Crippen LogP contribution in [0.25, 0.3) is 0 Å². The van der Waals surface area contributed by atoms with Crippen molar-refractivity contribution in [2.75, 3.05) is 5.32 Å². The van der Waals surface area contributed by atoms with Gasteiger partial charge in [-0.25, -0.2) is 4.79 Å². The van der Waals surface area contributed by atoms with E-state index in [1.165, 1.54) is 0 Å². The first kappa shape index (κ1) is 19.0. The number of urea groups is 1. The fraction of sp³-hybridized carbons (Fsp3) is 0.556. The van der Waals surface area contributed by atoms with Crippen LogP contribution in [-0.2, 0) is 10.2 Å². The van der Waals surface area contributed by atoms with E-state index in [1.54, 1.807) is 6.92 Å². The monoisotopic (exact) mass is 319 g/mol. The van der Waals surface area contributed by atoms with Crippen LogP contribution >= 0.6 is 0 Å². The Labute approximate surface area is 139 Å². The summed E-state index contributed by atoms with van der Waals surface area (Å²) in [5, 5.41) is 8.35. The predicted octanol–water partition coefficient (Wildman–Crippen LogP) is 3.41. The van der Waals surface area contributed by atoms with Crippen molar-refractivity contribution in [3.8, 4) is 0 Å². The third-order valence-corrected chi connectivity index (χ3v) is 3.22. The number of benzene rings is 1. The van der Waals surface area contributed by atoms with Crippen molar-refractivity contribution < 1.29 is 9.59 Å². The van der Waals surface area contributed by atoms with Crippen molar-refractivity contribution in [2.24, 2.45) is 0 Å². The largest absolute Gasteiger partial charge is 0.350 e. The molecule has 128 valence electrons. The minimum absolute atomic E-state index is 0.0842. The van der Waals surface area contributed by atoms with Crippen LogP contribution in [0.3, 0.4) is 0 Å². The summed E-state index contributed by atoms with van der Waals surface area (Å²) in [7, 11) is 0. The SMILES string of the molecule is C[C@H](NC(=O)Nc1ccccc1C(C)(C)C)C(=O)NC(C)(C)C. The lowest BCUT2D eigenvalue weighted by atomic mass is 9.86. The molecule has 3 amide bonds. The van der Waals surface area contributed by atoms with Crippen molar-refractivity contribution >= 4 is 17.6 Å². The number of carbonyl (C=O) groups excluding carboxylic acids is 2. The van der Waals surface area contributed by atoms with Gasteiger partial charge in [0.15, 0.2) is 0 Å². The van der Waals surface area contributed by atoms with Gasteiger partial charge in [-0.3, -0.25) is 4.79 Å². The van der Waals surface area contributed by atoms with E-state index >= 15 is 0 Å². The third kappa shape index (κ3) is 6.30. The van der Waals surface area contributed by atoms with Crippen molar-refractivity contribution in [1.29, 1.82) is 0 Å². The first-order valence-electron chi connectivity index (χ1n) is 7.89. The highest BCUT2D eigenvalue weighted by atomic mass is 16.2. The van der Waals surface area contributed by atoms with Gasteiger partial charge in [0, 0.05) is 11.2 Å². The van der Waals surface area contributed by atoms with Gasteiger partial charge in [0.25, 0.3) is 0 Å². The zero-order valence-electron chi connectivity index (χ0n) is 15.2. The molecule has 3 N–H and O–H groups in total. The Morgan fingerprint density at radius 2 is 1.57 bits per heavy atom. The van der Waals surface area contributed by atoms with Crippen LogP contribution in [0.1, 0.15) is 54.0 Å². The minimum Gasteiger partial charge on any atom is -0.350 e. The number of anilines is 1. The van der Waals surface area contributed by atoms with Crippen molar-refractivity contribution in [2.45, 2.75) is 65.5 Å². The smallest absolute Gasteiger partial charge is 0.319 e. The predicted molar refractivity (Wildman–Crippen MR) is 94.7 cm³/mol. The van der Waals surface area contributed by atoms with Crippen LogP contribution < -0.4 is 16.0 Å². The summed E-state index contributed by atoms with van der Waals surface area (Å²) in [5.74, 6) is -0.211. The molecule has 1 rings (SSSR count). The van der Waals surface area contributed by atoms with E-state index in [1.807, 2.05) is 45.0 Å². The highest BCUT2D eigenvalue weighted by Crippen LogP contribution is 2.29. The molecule has 0 spiro atoms. The van der Waals surface area contributed by atoms with Crippen LogP contribution in [0.15, 0.2) is 24.3 Å². The van der Waals surface area contributed by atoms with Gasteiger partial charge < -0.3 is 16.0 Å². The summed E-state index contributed by atoms with van der Waals surface area (Å²) in [6.07, 6.45) is 0. The molecule has 0 fully saturated rings. The van der Waals surface area contributed by atoms with Crippen LogP contribution in [-0.4, -0.2) is 23.5 Å². The van der Waals surface area contributed by atoms with Gasteiger partial charge in [-0.05, 0) is 44.7 Å². The second-order valence-corrected chi connectivity index (χ2v) is 7.85. The highest BCUT2D eigenvalue weighted by Gasteiger charge is 2.22. The molecule has 0 aliphatic carbocycles. The van der Waals surface area contributed by atoms with E-state index in [0.29, 0.717) is 0 Å². The maximum atomic E-state index is 12.2. The second-order valence-electron chi connectivity index (χ2n) is 7.85. The van der Waals surface area contributed by atoms with E-state index in [4.69, 9.17) is 0 Å². The Balaban J connectivity index is 2.73. The molecule has 0 aliphatic rings. The number of nitrogens with one attached hydrogen (secondary N) is 3. The van der Waals surface area contributed by atoms with E-state index in [0.717, 1.165) is 11.3 Å². The Bertz CT molecular complexity index is 568. The topological polar surface area (TPSA) is 70.2 Å². The van der Waals surface area contributed by atoms with Gasteiger partial charge in [-0.15, -0.1) is 0 Å². The van der Waals surface area contributed by atoms with Gasteiger partial charge in [0.1, 0.15) is 6.04 Å². The summed E-state index contributed by atoms with van der Waals surface area (Å²) in [6.45, 7) is 13.6. The molecule has 5 heteroatoms. The van der Waals surface area contributed by atoms with E-state index < -0.39 is 12.1 Å². The molecule has 0 aliphatic heterocycles. The van der Waals surface area contributed by atoms with E-state index in [9.17, 15) is 9.59 Å². The number of rotatable bonds is 3. The van der Waals surface area contributed by atoms with E-state index in [-0.39, 0.29) is 16.9 Å². The summed E-state index contributed by atoms with van der Waals surface area (Å²) in [4.78, 5) is 24.2. The molecule has 0 aromatic heterocycles. The summed E-state index contributed by atoms with van der Waals surface area (Å²) >= 11 is 0. The van der Waals surface area contributed by atoms with Gasteiger partial charge >= 0.3 is 6.03 Å². The molecule has 0 radical (unpaired) electrons. The Morgan fingerprint density at radius 3 is 2.09 bits per heavy atom. The lowest BCUT2D eigenvalue weighted by Crippen LogP contribution is -2.51. The normalized spacial score (nSPS) is 13.2. The lowest BCUT2D eigenvalue weighted by molar-refractivity contribution is -0.123. The Kier molecular flexibility index (Phi) is 5.81. The van der Waals surface area contributed by atoms with Crippen molar-refractivity contribution in [1.82, 2.24) is 10.6 Å². The van der Waals surface area contributed by atoms with Crippen LogP contribution in [0, 0.1) is 0 Å². The van der Waals surface area contributed by atoms with Gasteiger partial charge in [0.05, 0.1) is 0 Å². The summed E-state index contributed by atoms with van der Waals surface area (Å²) < 4.78 is 0. The number of carbonyl (C=O) groups is 2. The molecule has 1 atom stereocenters. The number of hydrogen-bond acceptors (Lipinski definition) is 2. The van der Waals surface area contributed by atoms with Crippen LogP contribution in [0.5, 0.6) is 0 Å². The molecule has 0 unspecified atom stereocenters. The summed E-state index contributed by atoms with van der Waals surface area (Å²) in [6, 6.07) is 6.67. The first-order chi connectivity index (χ1) is 10.4. The average Bonchev–Trinajstić information content (AvgIpc) is 2.35. The molecule has 5 nitrogen and oxygen atoms in total. The molecular weight excluding hydrogens is 290 g/mol. The maximum absolute atomic E-state index is 12.2. The second kappa shape index (κ2) is 7.02. The Morgan fingerprint density at radius 1 is 1.00 bits per heavy atom. The standard InChI is InChI=1S/C18H29N3O2/c1-12(15(22)21-18(5,6)7)19-16(23)20-14-11-9-8-10-13(14)17(2,3)4/h8-12H,1-7H3,(H,21,22)(H2,19,20,23)/t12-/m0/s1. The fourth-order valence-corrected chi connectivity index (χ4v) is 2.14. The molecule has 0 saturated heterocycles. The fourth-order valence-electron chi connectivity index (χ4n) is 2.14. The quantitative estimate of drug-likeness (QED) is 0.799. The molecular formula is C18H29N3O2. The van der Waals surface area contributed by atoms with Crippen molar-refractivity contribution in [3.05, 3.63) is 29.8 Å². The average molecular weight is 319 g/mol. The Hall–Kier alpha value is -2.04. The third-order valence-electron chi connectivity index (χ3n) is 3.22. The number of para-hydroxylation sites is 1. The van der Waals surface area contributed by atoms with Gasteiger partial charge in [0.2, 0.25) is 5.91 Å². The van der Waals surface area contributed by atoms with Crippen molar-refractivity contribution in [3.63, 3.8) is 0 Å². The molecule has 1 aromatic carbocycles. The highest BCUT2D eigenvalue weighted by molar-refractivity contribution is 5.94. The first-order valence-corrected chi connectivity index (χ1v) is 7.89. The molecule has 0 bridgehead atoms. The minimum atomic E-state index is -0.615. The van der Waals surface area contributed by atoms with Gasteiger partial charge in [-0.1, -0.05) is 39.0 Å². The van der Waals surface area contributed by atoms with E-state index in [2.05, 4.69) is 36.7 Å². The zero-order chi connectivity index (χ0) is 17.8. The summed E-state index contributed by atoms with van der Waals surface area (Å²) in [5.41, 5.74) is 1.38. The molecule has 0 saturated carbocycles. The molecule has 23 heavy (non-hydrogen) atoms. The molecule has 0 heterocycles. The molecule has 1 aromatic rings. The number of hydrogen-bond donors (Lipinski definition) is 3. The lowest BCUT2D eigenvalue weighted by Gasteiger charge is -2.25. The number of amides is 3. The maximum Gasteiger partial charge on any atom is 0.319 e. The van der Waals surface area contributed by atoms with Crippen LogP contribution in [0.2, 0.25) is 0 Å².